The van der Waals surface area contributed by atoms with Crippen molar-refractivity contribution in [2.24, 2.45) is 22.7 Å². The Bertz CT molecular complexity index is 649. The van der Waals surface area contributed by atoms with Crippen molar-refractivity contribution in [3.63, 3.8) is 0 Å². The third-order valence-electron chi connectivity index (χ3n) is 6.04. The molecule has 150 valence electrons. The van der Waals surface area contributed by atoms with E-state index in [9.17, 15) is 4.79 Å². The summed E-state index contributed by atoms with van der Waals surface area (Å²) in [6.45, 7) is 1.80. The number of nitrogens with zero attached hydrogens (tertiary/aromatic N) is 1. The van der Waals surface area contributed by atoms with E-state index in [1.165, 1.54) is 32.1 Å². The number of benzene rings is 1. The lowest BCUT2D eigenvalue weighted by Crippen LogP contribution is -2.39. The number of hydrogen-bond acceptors (Lipinski definition) is 2. The van der Waals surface area contributed by atoms with Gasteiger partial charge in [-0.15, -0.1) is 24.0 Å². The van der Waals surface area contributed by atoms with E-state index in [1.54, 1.807) is 7.05 Å². The lowest BCUT2D eigenvalue weighted by molar-refractivity contribution is 0.0963. The topological polar surface area (TPSA) is 65.5 Å². The minimum atomic E-state index is -0.0436. The van der Waals surface area contributed by atoms with Crippen molar-refractivity contribution in [1.29, 1.82) is 0 Å². The first-order valence-electron chi connectivity index (χ1n) is 9.95. The van der Waals surface area contributed by atoms with Gasteiger partial charge in [-0.05, 0) is 67.6 Å². The van der Waals surface area contributed by atoms with E-state index in [0.29, 0.717) is 5.56 Å². The summed E-state index contributed by atoms with van der Waals surface area (Å²) in [5.41, 5.74) is 1.86. The number of rotatable bonds is 7. The van der Waals surface area contributed by atoms with E-state index in [1.807, 2.05) is 25.2 Å². The first-order valence-corrected chi connectivity index (χ1v) is 9.95. The average Bonchev–Trinajstić information content (AvgIpc) is 3.29. The highest BCUT2D eigenvalue weighted by atomic mass is 127. The maximum Gasteiger partial charge on any atom is 0.251 e. The predicted molar refractivity (Wildman–Crippen MR) is 122 cm³/mol. The monoisotopic (exact) mass is 484 g/mol. The Morgan fingerprint density at radius 1 is 1.19 bits per heavy atom. The molecule has 0 aromatic heterocycles. The maximum atomic E-state index is 11.7. The van der Waals surface area contributed by atoms with Gasteiger partial charge >= 0.3 is 0 Å². The van der Waals surface area contributed by atoms with E-state index in [2.05, 4.69) is 27.0 Å². The van der Waals surface area contributed by atoms with Gasteiger partial charge < -0.3 is 16.0 Å². The zero-order valence-corrected chi connectivity index (χ0v) is 18.8. The van der Waals surface area contributed by atoms with Crippen molar-refractivity contribution in [2.45, 2.75) is 38.5 Å². The van der Waals surface area contributed by atoms with Crippen molar-refractivity contribution < 1.29 is 4.79 Å². The highest BCUT2D eigenvalue weighted by Gasteiger charge is 2.38. The number of carbonyl (C=O) groups is 1. The molecule has 3 unspecified atom stereocenters. The second-order valence-electron chi connectivity index (χ2n) is 7.68. The van der Waals surface area contributed by atoms with E-state index in [0.717, 1.165) is 48.8 Å². The molecule has 2 aliphatic rings. The molecule has 6 heteroatoms. The maximum absolute atomic E-state index is 11.7. The zero-order chi connectivity index (χ0) is 18.4. The van der Waals surface area contributed by atoms with Gasteiger partial charge in [-0.1, -0.05) is 18.6 Å². The molecule has 1 aromatic carbocycles. The van der Waals surface area contributed by atoms with E-state index in [4.69, 9.17) is 0 Å². The lowest BCUT2D eigenvalue weighted by Gasteiger charge is -2.22. The number of halogens is 1. The number of nitrogens with one attached hydrogen (secondary N) is 3. The summed E-state index contributed by atoms with van der Waals surface area (Å²) in [5, 5.41) is 9.50. The molecule has 2 bridgehead atoms. The summed E-state index contributed by atoms with van der Waals surface area (Å²) in [6.07, 6.45) is 7.97. The molecular formula is C21H33IN4O. The number of fused-ring (bicyclic) bond motifs is 2. The highest BCUT2D eigenvalue weighted by Crippen LogP contribution is 2.49. The van der Waals surface area contributed by atoms with Crippen molar-refractivity contribution >= 4 is 35.8 Å². The molecule has 5 nitrogen and oxygen atoms in total. The van der Waals surface area contributed by atoms with Crippen molar-refractivity contribution in [3.8, 4) is 0 Å². The number of aliphatic imine (C=N–C) groups is 1. The summed E-state index contributed by atoms with van der Waals surface area (Å²) in [4.78, 5) is 16.0. The molecule has 0 spiro atoms. The van der Waals surface area contributed by atoms with Crippen LogP contribution in [0.1, 0.15) is 48.0 Å². The fourth-order valence-electron chi connectivity index (χ4n) is 4.66. The van der Waals surface area contributed by atoms with Gasteiger partial charge in [-0.3, -0.25) is 9.79 Å². The van der Waals surface area contributed by atoms with Crippen LogP contribution in [0.3, 0.4) is 0 Å². The third kappa shape index (κ3) is 6.09. The largest absolute Gasteiger partial charge is 0.356 e. The fraction of sp³-hybridized carbons (Fsp3) is 0.619. The first-order chi connectivity index (χ1) is 12.7. The Hall–Kier alpha value is -1.31. The van der Waals surface area contributed by atoms with Gasteiger partial charge in [0, 0.05) is 32.7 Å². The SMILES string of the molecule is CN=C(NCCc1cccc(C(=O)NC)c1)NCCC1CC2CCC1C2.I. The fourth-order valence-corrected chi connectivity index (χ4v) is 4.66. The van der Waals surface area contributed by atoms with Gasteiger partial charge in [-0.25, -0.2) is 0 Å². The average molecular weight is 484 g/mol. The van der Waals surface area contributed by atoms with Crippen molar-refractivity contribution in [1.82, 2.24) is 16.0 Å². The number of hydrogen-bond donors (Lipinski definition) is 3. The molecule has 0 radical (unpaired) electrons. The molecule has 2 saturated carbocycles. The molecule has 0 heterocycles. The molecule has 27 heavy (non-hydrogen) atoms. The molecule has 3 N–H and O–H groups in total. The van der Waals surface area contributed by atoms with E-state index >= 15 is 0 Å². The van der Waals surface area contributed by atoms with Crippen LogP contribution in [0.15, 0.2) is 29.3 Å². The van der Waals surface area contributed by atoms with Crippen molar-refractivity contribution in [2.75, 3.05) is 27.2 Å². The van der Waals surface area contributed by atoms with Gasteiger partial charge in [-0.2, -0.15) is 0 Å². The molecule has 3 rings (SSSR count). The smallest absolute Gasteiger partial charge is 0.251 e. The summed E-state index contributed by atoms with van der Waals surface area (Å²) >= 11 is 0. The minimum Gasteiger partial charge on any atom is -0.356 e. The molecular weight excluding hydrogens is 451 g/mol. The Labute approximate surface area is 180 Å². The summed E-state index contributed by atoms with van der Waals surface area (Å²) in [5.74, 6) is 3.76. The minimum absolute atomic E-state index is 0. The first kappa shape index (κ1) is 22.0. The number of amides is 1. The molecule has 0 saturated heterocycles. The standard InChI is InChI=1S/C21H32N4O.HI/c1-22-20(26)19-5-3-4-15(12-19)8-10-24-21(23-2)25-11-9-18-14-16-6-7-17(18)13-16;/h3-5,12,16-18H,6-11,13-14H2,1-2H3,(H,22,26)(H2,23,24,25);1H. The summed E-state index contributed by atoms with van der Waals surface area (Å²) in [7, 11) is 3.47. The van der Waals surface area contributed by atoms with Crippen molar-refractivity contribution in [3.05, 3.63) is 35.4 Å². The molecule has 0 aliphatic heterocycles. The normalized spacial score (nSPS) is 23.6. The van der Waals surface area contributed by atoms with Crippen LogP contribution in [0.4, 0.5) is 0 Å². The van der Waals surface area contributed by atoms with Crippen LogP contribution in [-0.4, -0.2) is 39.1 Å². The lowest BCUT2D eigenvalue weighted by atomic mass is 9.86. The Morgan fingerprint density at radius 2 is 2.00 bits per heavy atom. The Kier molecular flexibility index (Phi) is 8.86. The van der Waals surface area contributed by atoms with Crippen LogP contribution < -0.4 is 16.0 Å². The van der Waals surface area contributed by atoms with Crippen LogP contribution in [0.5, 0.6) is 0 Å². The second kappa shape index (κ2) is 10.9. The Balaban J connectivity index is 0.00000261. The van der Waals surface area contributed by atoms with Gasteiger partial charge in [0.1, 0.15) is 0 Å². The van der Waals surface area contributed by atoms with E-state index in [-0.39, 0.29) is 29.9 Å². The predicted octanol–water partition coefficient (Wildman–Crippen LogP) is 3.20. The molecule has 1 aromatic rings. The zero-order valence-electron chi connectivity index (χ0n) is 16.5. The molecule has 2 fully saturated rings. The van der Waals surface area contributed by atoms with Gasteiger partial charge in [0.2, 0.25) is 0 Å². The van der Waals surface area contributed by atoms with Crippen LogP contribution in [0, 0.1) is 17.8 Å². The summed E-state index contributed by atoms with van der Waals surface area (Å²) < 4.78 is 0. The van der Waals surface area contributed by atoms with E-state index < -0.39 is 0 Å². The Morgan fingerprint density at radius 3 is 2.67 bits per heavy atom. The van der Waals surface area contributed by atoms with Crippen LogP contribution in [0.25, 0.3) is 0 Å². The highest BCUT2D eigenvalue weighted by molar-refractivity contribution is 14.0. The number of carbonyl (C=O) groups excluding carboxylic acids is 1. The van der Waals surface area contributed by atoms with Gasteiger partial charge in [0.25, 0.3) is 5.91 Å². The van der Waals surface area contributed by atoms with Crippen LogP contribution in [0.2, 0.25) is 0 Å². The third-order valence-corrected chi connectivity index (χ3v) is 6.04. The molecule has 2 aliphatic carbocycles. The summed E-state index contributed by atoms with van der Waals surface area (Å²) in [6, 6.07) is 7.78. The second-order valence-corrected chi connectivity index (χ2v) is 7.68. The molecule has 3 atom stereocenters. The van der Waals surface area contributed by atoms with Crippen LogP contribution >= 0.6 is 24.0 Å². The van der Waals surface area contributed by atoms with Gasteiger partial charge in [0.05, 0.1) is 0 Å². The van der Waals surface area contributed by atoms with Crippen LogP contribution in [-0.2, 0) is 6.42 Å². The molecule has 1 amide bonds. The number of guanidine groups is 1. The van der Waals surface area contributed by atoms with Gasteiger partial charge in [0.15, 0.2) is 5.96 Å². The quantitative estimate of drug-likeness (QED) is 0.317.